The van der Waals surface area contributed by atoms with Crippen molar-refractivity contribution in [1.29, 1.82) is 0 Å². The average Bonchev–Trinajstić information content (AvgIpc) is 3.30. The van der Waals surface area contributed by atoms with Crippen LogP contribution in [0.15, 0.2) is 42.5 Å². The van der Waals surface area contributed by atoms with Gasteiger partial charge in [0.25, 0.3) is 0 Å². The first-order chi connectivity index (χ1) is 16.8. The maximum absolute atomic E-state index is 12.4. The SMILES string of the molecule is CCCC[C@H](CC)C(=O)N1CCN(C(C)C)CC1.Cc1ccc(Cl)c(-c2nc3ccccc3[nH]2)c1. The molecule has 0 unspecified atom stereocenters. The Balaban J connectivity index is 0.000000196. The molecule has 4 rings (SSSR count). The molecule has 1 fully saturated rings. The zero-order chi connectivity index (χ0) is 25.4. The summed E-state index contributed by atoms with van der Waals surface area (Å²) < 4.78 is 0. The number of halogens is 1. The van der Waals surface area contributed by atoms with E-state index in [2.05, 4.69) is 47.5 Å². The summed E-state index contributed by atoms with van der Waals surface area (Å²) in [5.74, 6) is 1.48. The molecule has 1 aliphatic rings. The number of piperazine rings is 1. The normalized spacial score (nSPS) is 15.2. The van der Waals surface area contributed by atoms with E-state index in [9.17, 15) is 4.79 Å². The Morgan fingerprint density at radius 2 is 1.80 bits per heavy atom. The van der Waals surface area contributed by atoms with Crippen molar-refractivity contribution < 1.29 is 4.79 Å². The van der Waals surface area contributed by atoms with Crippen LogP contribution in [-0.4, -0.2) is 57.9 Å². The summed E-state index contributed by atoms with van der Waals surface area (Å²) in [5.41, 5.74) is 4.10. The number of nitrogens with one attached hydrogen (secondary N) is 1. The summed E-state index contributed by atoms with van der Waals surface area (Å²) in [6, 6.07) is 14.5. The van der Waals surface area contributed by atoms with E-state index < -0.39 is 0 Å². The van der Waals surface area contributed by atoms with E-state index in [-0.39, 0.29) is 5.92 Å². The maximum Gasteiger partial charge on any atom is 0.225 e. The first kappa shape index (κ1) is 27.2. The summed E-state index contributed by atoms with van der Waals surface area (Å²) in [6.07, 6.45) is 4.42. The fraction of sp³-hybridized carbons (Fsp3) is 0.517. The van der Waals surface area contributed by atoms with Crippen molar-refractivity contribution in [2.75, 3.05) is 26.2 Å². The molecule has 5 nitrogen and oxygen atoms in total. The highest BCUT2D eigenvalue weighted by Gasteiger charge is 2.26. The maximum atomic E-state index is 12.4. The lowest BCUT2D eigenvalue weighted by Crippen LogP contribution is -2.52. The van der Waals surface area contributed by atoms with Crippen LogP contribution in [0.5, 0.6) is 0 Å². The van der Waals surface area contributed by atoms with E-state index in [0.29, 0.717) is 11.9 Å². The number of hydrogen-bond acceptors (Lipinski definition) is 3. The molecular weight excluding hydrogens is 456 g/mol. The standard InChI is InChI=1S/C15H30N2O.C14H11ClN2/c1-5-7-8-14(6-2)15(18)17-11-9-16(10-12-17)13(3)4;1-9-6-7-11(15)10(8-9)14-16-12-4-2-3-5-13(12)17-14/h13-14H,5-12H2,1-4H3;2-8H,1H3,(H,16,17)/t14-;/m0./s1. The predicted molar refractivity (Wildman–Crippen MR) is 148 cm³/mol. The van der Waals surface area contributed by atoms with E-state index >= 15 is 0 Å². The minimum absolute atomic E-state index is 0.260. The number of aryl methyl sites for hydroxylation is 1. The molecule has 0 spiro atoms. The van der Waals surface area contributed by atoms with Crippen molar-refractivity contribution in [1.82, 2.24) is 19.8 Å². The third kappa shape index (κ3) is 7.31. The number of imidazole rings is 1. The summed E-state index contributed by atoms with van der Waals surface area (Å²) in [7, 11) is 0. The molecule has 2 aromatic carbocycles. The molecule has 1 N–H and O–H groups in total. The first-order valence-corrected chi connectivity index (χ1v) is 13.5. The Bertz CT molecular complexity index is 1050. The minimum atomic E-state index is 0.260. The molecule has 1 aromatic heterocycles. The fourth-order valence-electron chi connectivity index (χ4n) is 4.57. The molecule has 2 heterocycles. The van der Waals surface area contributed by atoms with Crippen molar-refractivity contribution in [3.05, 3.63) is 53.1 Å². The predicted octanol–water partition coefficient (Wildman–Crippen LogP) is 6.95. The van der Waals surface area contributed by atoms with Gasteiger partial charge in [-0.2, -0.15) is 0 Å². The highest BCUT2D eigenvalue weighted by Crippen LogP contribution is 2.28. The molecule has 0 radical (unpaired) electrons. The number of carbonyl (C=O) groups is 1. The zero-order valence-electron chi connectivity index (χ0n) is 22.0. The van der Waals surface area contributed by atoms with E-state index in [1.165, 1.54) is 18.4 Å². The number of para-hydroxylation sites is 2. The number of fused-ring (bicyclic) bond motifs is 1. The molecular formula is C29H41ClN4O. The molecule has 35 heavy (non-hydrogen) atoms. The lowest BCUT2D eigenvalue weighted by atomic mass is 9.97. The number of amides is 1. The van der Waals surface area contributed by atoms with Crippen LogP contribution < -0.4 is 0 Å². The van der Waals surface area contributed by atoms with Crippen LogP contribution >= 0.6 is 11.6 Å². The van der Waals surface area contributed by atoms with Gasteiger partial charge in [-0.25, -0.2) is 4.98 Å². The van der Waals surface area contributed by atoms with Crippen LogP contribution in [0.2, 0.25) is 5.02 Å². The second kappa shape index (κ2) is 13.1. The van der Waals surface area contributed by atoms with Gasteiger partial charge in [0.1, 0.15) is 5.82 Å². The number of aromatic amines is 1. The van der Waals surface area contributed by atoms with Crippen LogP contribution in [0, 0.1) is 12.8 Å². The molecule has 0 aliphatic carbocycles. The average molecular weight is 497 g/mol. The molecule has 3 aromatic rings. The van der Waals surface area contributed by atoms with Crippen molar-refractivity contribution >= 4 is 28.5 Å². The molecule has 0 saturated carbocycles. The van der Waals surface area contributed by atoms with Crippen LogP contribution in [0.3, 0.4) is 0 Å². The number of rotatable bonds is 7. The van der Waals surface area contributed by atoms with Gasteiger partial charge in [-0.15, -0.1) is 0 Å². The highest BCUT2D eigenvalue weighted by atomic mass is 35.5. The van der Waals surface area contributed by atoms with Crippen molar-refractivity contribution in [3.63, 3.8) is 0 Å². The quantitative estimate of drug-likeness (QED) is 0.385. The van der Waals surface area contributed by atoms with Crippen molar-refractivity contribution in [2.24, 2.45) is 5.92 Å². The van der Waals surface area contributed by atoms with Gasteiger partial charge in [-0.05, 0) is 57.9 Å². The smallest absolute Gasteiger partial charge is 0.225 e. The summed E-state index contributed by atoms with van der Waals surface area (Å²) in [5, 5.41) is 0.717. The largest absolute Gasteiger partial charge is 0.340 e. The Kier molecular flexibility index (Phi) is 10.2. The number of H-pyrrole nitrogens is 1. The number of hydrogen-bond donors (Lipinski definition) is 1. The Labute approximate surface area is 215 Å². The summed E-state index contributed by atoms with van der Waals surface area (Å²) in [6.45, 7) is 14.7. The number of unbranched alkanes of at least 4 members (excludes halogenated alkanes) is 1. The molecule has 6 heteroatoms. The van der Waals surface area contributed by atoms with Crippen LogP contribution in [-0.2, 0) is 4.79 Å². The number of carbonyl (C=O) groups excluding carboxylic acids is 1. The number of aromatic nitrogens is 2. The Morgan fingerprint density at radius 3 is 2.43 bits per heavy atom. The Morgan fingerprint density at radius 1 is 1.09 bits per heavy atom. The van der Waals surface area contributed by atoms with Gasteiger partial charge in [0.15, 0.2) is 0 Å². The molecule has 1 saturated heterocycles. The topological polar surface area (TPSA) is 52.2 Å². The molecule has 0 bridgehead atoms. The van der Waals surface area contributed by atoms with Crippen molar-refractivity contribution in [2.45, 2.75) is 66.3 Å². The molecule has 1 aliphatic heterocycles. The van der Waals surface area contributed by atoms with Crippen LogP contribution in [0.25, 0.3) is 22.4 Å². The van der Waals surface area contributed by atoms with Gasteiger partial charge < -0.3 is 9.88 Å². The van der Waals surface area contributed by atoms with Gasteiger partial charge in [-0.3, -0.25) is 9.69 Å². The van der Waals surface area contributed by atoms with Gasteiger partial charge in [0, 0.05) is 43.7 Å². The summed E-state index contributed by atoms with van der Waals surface area (Å²) >= 11 is 6.20. The van der Waals surface area contributed by atoms with Crippen LogP contribution in [0.1, 0.15) is 58.9 Å². The lowest BCUT2D eigenvalue weighted by molar-refractivity contribution is -0.138. The van der Waals surface area contributed by atoms with Crippen molar-refractivity contribution in [3.8, 4) is 11.4 Å². The summed E-state index contributed by atoms with van der Waals surface area (Å²) in [4.78, 5) is 24.8. The Hall–Kier alpha value is -2.37. The fourth-order valence-corrected chi connectivity index (χ4v) is 4.78. The molecule has 190 valence electrons. The zero-order valence-corrected chi connectivity index (χ0v) is 22.7. The van der Waals surface area contributed by atoms with Gasteiger partial charge in [0.2, 0.25) is 5.91 Å². The lowest BCUT2D eigenvalue weighted by Gasteiger charge is -2.38. The number of nitrogens with zero attached hydrogens (tertiary/aromatic N) is 3. The third-order valence-corrected chi connectivity index (χ3v) is 7.20. The third-order valence-electron chi connectivity index (χ3n) is 6.87. The molecule has 1 atom stereocenters. The van der Waals surface area contributed by atoms with E-state index in [4.69, 9.17) is 11.6 Å². The number of benzene rings is 2. The minimum Gasteiger partial charge on any atom is -0.340 e. The second-order valence-electron chi connectivity index (χ2n) is 9.79. The van der Waals surface area contributed by atoms with E-state index in [1.54, 1.807) is 0 Å². The van der Waals surface area contributed by atoms with Crippen LogP contribution in [0.4, 0.5) is 0 Å². The van der Waals surface area contributed by atoms with Gasteiger partial charge in [0.05, 0.1) is 16.1 Å². The first-order valence-electron chi connectivity index (χ1n) is 13.1. The van der Waals surface area contributed by atoms with E-state index in [0.717, 1.165) is 66.5 Å². The highest BCUT2D eigenvalue weighted by molar-refractivity contribution is 6.33. The second-order valence-corrected chi connectivity index (χ2v) is 10.2. The van der Waals surface area contributed by atoms with Gasteiger partial charge in [-0.1, -0.05) is 62.1 Å². The monoisotopic (exact) mass is 496 g/mol. The van der Waals surface area contributed by atoms with E-state index in [1.807, 2.05) is 49.4 Å². The van der Waals surface area contributed by atoms with Gasteiger partial charge >= 0.3 is 0 Å². The molecule has 1 amide bonds.